The van der Waals surface area contributed by atoms with E-state index in [1.54, 1.807) is 31.4 Å². The van der Waals surface area contributed by atoms with Crippen LogP contribution in [0, 0.1) is 5.92 Å². The van der Waals surface area contributed by atoms with Gasteiger partial charge in [-0.05, 0) is 56.9 Å². The summed E-state index contributed by atoms with van der Waals surface area (Å²) in [6, 6.07) is 7.39. The van der Waals surface area contributed by atoms with Crippen LogP contribution in [0.2, 0.25) is 0 Å². The number of hydrogen-bond donors (Lipinski definition) is 0. The van der Waals surface area contributed by atoms with Crippen molar-refractivity contribution in [1.29, 1.82) is 0 Å². The van der Waals surface area contributed by atoms with Crippen LogP contribution in [0.1, 0.15) is 44.0 Å². The highest BCUT2D eigenvalue weighted by molar-refractivity contribution is 6.01. The lowest BCUT2D eigenvalue weighted by molar-refractivity contribution is 0.0984. The summed E-state index contributed by atoms with van der Waals surface area (Å²) in [6.07, 6.45) is 2.17. The Hall–Kier alpha value is -2.04. The topological polar surface area (TPSA) is 51.1 Å². The van der Waals surface area contributed by atoms with Crippen molar-refractivity contribution in [3.8, 4) is 5.75 Å². The van der Waals surface area contributed by atoms with Crippen LogP contribution < -0.4 is 4.74 Å². The number of amides is 1. The second-order valence-corrected chi connectivity index (χ2v) is 6.26. The van der Waals surface area contributed by atoms with Gasteiger partial charge >= 0.3 is 0 Å². The molecule has 0 radical (unpaired) electrons. The molecule has 1 aromatic rings. The van der Waals surface area contributed by atoms with E-state index in [4.69, 9.17) is 9.47 Å². The number of rotatable bonds is 3. The molecule has 1 fully saturated rings. The fraction of sp³-hybridized carbons (Fsp3) is 0.556. The van der Waals surface area contributed by atoms with E-state index < -0.39 is 0 Å². The summed E-state index contributed by atoms with van der Waals surface area (Å²) in [5.74, 6) is 1.14. The normalized spacial score (nSPS) is 16.6. The molecular weight excluding hydrogens is 292 g/mol. The Balaban J connectivity index is 2.15. The summed E-state index contributed by atoms with van der Waals surface area (Å²) < 4.78 is 10.9. The number of methoxy groups -OCH3 is 1. The van der Waals surface area contributed by atoms with Crippen molar-refractivity contribution in [1.82, 2.24) is 4.90 Å². The molecule has 5 heteroatoms. The molecule has 1 aliphatic rings. The molecule has 1 amide bonds. The highest BCUT2D eigenvalue weighted by Crippen LogP contribution is 2.18. The number of carbonyl (C=O) groups is 1. The van der Waals surface area contributed by atoms with E-state index in [0.717, 1.165) is 25.9 Å². The smallest absolute Gasteiger partial charge is 0.295 e. The second kappa shape index (κ2) is 7.99. The number of ether oxygens (including phenoxy) is 2. The molecule has 1 heterocycles. The van der Waals surface area contributed by atoms with Crippen LogP contribution in [0.4, 0.5) is 0 Å². The Kier molecular flexibility index (Phi) is 6.02. The minimum atomic E-state index is -0.290. The fourth-order valence-corrected chi connectivity index (χ4v) is 2.47. The Labute approximate surface area is 138 Å². The van der Waals surface area contributed by atoms with E-state index >= 15 is 0 Å². The molecule has 2 rings (SSSR count). The third kappa shape index (κ3) is 4.98. The van der Waals surface area contributed by atoms with Crippen LogP contribution in [0.15, 0.2) is 29.3 Å². The molecule has 0 unspecified atom stereocenters. The Bertz CT molecular complexity index is 544. The lowest BCUT2D eigenvalue weighted by Gasteiger charge is -2.32. The summed E-state index contributed by atoms with van der Waals surface area (Å²) in [5, 5.41) is 0. The molecule has 0 spiro atoms. The molecule has 1 aliphatic heterocycles. The molecule has 1 aromatic carbocycles. The molecule has 0 atom stereocenters. The zero-order valence-corrected chi connectivity index (χ0v) is 14.4. The minimum Gasteiger partial charge on any atom is -0.497 e. The molecule has 23 heavy (non-hydrogen) atoms. The summed E-state index contributed by atoms with van der Waals surface area (Å²) in [6.45, 7) is 7.89. The van der Waals surface area contributed by atoms with E-state index in [2.05, 4.69) is 16.8 Å². The zero-order valence-electron chi connectivity index (χ0n) is 14.4. The maximum absolute atomic E-state index is 12.4. The predicted molar refractivity (Wildman–Crippen MR) is 91.0 cm³/mol. The van der Waals surface area contributed by atoms with Crippen LogP contribution in [-0.4, -0.2) is 43.1 Å². The van der Waals surface area contributed by atoms with Gasteiger partial charge in [0.25, 0.3) is 11.9 Å². The third-order valence-corrected chi connectivity index (χ3v) is 3.93. The van der Waals surface area contributed by atoms with Gasteiger partial charge < -0.3 is 14.4 Å². The van der Waals surface area contributed by atoms with Crippen molar-refractivity contribution in [2.45, 2.75) is 39.7 Å². The average molecular weight is 318 g/mol. The number of likely N-dealkylation sites (tertiary alicyclic amines) is 1. The first-order chi connectivity index (χ1) is 11.0. The fourth-order valence-electron chi connectivity index (χ4n) is 2.47. The molecule has 1 saturated heterocycles. The highest BCUT2D eigenvalue weighted by Gasteiger charge is 2.22. The zero-order chi connectivity index (χ0) is 16.8. The first kappa shape index (κ1) is 17.3. The van der Waals surface area contributed by atoms with Gasteiger partial charge in [-0.25, -0.2) is 0 Å². The highest BCUT2D eigenvalue weighted by atomic mass is 16.5. The van der Waals surface area contributed by atoms with E-state index in [1.807, 2.05) is 13.8 Å². The monoisotopic (exact) mass is 318 g/mol. The Morgan fingerprint density at radius 1 is 1.22 bits per heavy atom. The van der Waals surface area contributed by atoms with Crippen molar-refractivity contribution in [3.05, 3.63) is 29.8 Å². The van der Waals surface area contributed by atoms with Crippen molar-refractivity contribution < 1.29 is 14.3 Å². The van der Waals surface area contributed by atoms with Gasteiger partial charge in [0.2, 0.25) is 0 Å². The molecule has 126 valence electrons. The lowest BCUT2D eigenvalue weighted by atomic mass is 10.00. The Morgan fingerprint density at radius 2 is 1.83 bits per heavy atom. The maximum Gasteiger partial charge on any atom is 0.295 e. The van der Waals surface area contributed by atoms with Crippen LogP contribution in [-0.2, 0) is 4.74 Å². The van der Waals surface area contributed by atoms with Gasteiger partial charge in [0.05, 0.1) is 13.2 Å². The lowest BCUT2D eigenvalue weighted by Crippen LogP contribution is -2.40. The van der Waals surface area contributed by atoms with Crippen molar-refractivity contribution in [3.63, 3.8) is 0 Å². The number of nitrogens with zero attached hydrogens (tertiary/aromatic N) is 2. The van der Waals surface area contributed by atoms with Crippen LogP contribution >= 0.6 is 0 Å². The minimum absolute atomic E-state index is 0.0169. The summed E-state index contributed by atoms with van der Waals surface area (Å²) in [5.41, 5.74) is 0.529. The SMILES string of the molecule is COc1ccc(C(=O)N=C(OC(C)C)N2CCC(C)CC2)cc1. The number of benzene rings is 1. The molecule has 0 bridgehead atoms. The van der Waals surface area contributed by atoms with Crippen LogP contribution in [0.25, 0.3) is 0 Å². The number of hydrogen-bond acceptors (Lipinski definition) is 3. The second-order valence-electron chi connectivity index (χ2n) is 6.26. The van der Waals surface area contributed by atoms with E-state index in [0.29, 0.717) is 23.3 Å². The molecule has 5 nitrogen and oxygen atoms in total. The molecule has 0 saturated carbocycles. The van der Waals surface area contributed by atoms with E-state index in [-0.39, 0.29) is 12.0 Å². The predicted octanol–water partition coefficient (Wildman–Crippen LogP) is 3.35. The summed E-state index contributed by atoms with van der Waals surface area (Å²) in [4.78, 5) is 18.7. The van der Waals surface area contributed by atoms with E-state index in [9.17, 15) is 4.79 Å². The van der Waals surface area contributed by atoms with Gasteiger partial charge in [0.15, 0.2) is 0 Å². The standard InChI is InChI=1S/C18H26N2O3/c1-13(2)23-18(20-11-9-14(3)10-12-20)19-17(21)15-5-7-16(22-4)8-6-15/h5-8,13-14H,9-12H2,1-4H3. The third-order valence-electron chi connectivity index (χ3n) is 3.93. The average Bonchev–Trinajstić information content (AvgIpc) is 2.54. The van der Waals surface area contributed by atoms with Gasteiger partial charge in [-0.2, -0.15) is 4.99 Å². The summed E-state index contributed by atoms with van der Waals surface area (Å²) >= 11 is 0. The van der Waals surface area contributed by atoms with Crippen LogP contribution in [0.5, 0.6) is 5.75 Å². The van der Waals surface area contributed by atoms with Gasteiger partial charge in [0.1, 0.15) is 5.75 Å². The number of piperidine rings is 1. The first-order valence-corrected chi connectivity index (χ1v) is 8.18. The van der Waals surface area contributed by atoms with Gasteiger partial charge in [-0.1, -0.05) is 6.92 Å². The molecule has 0 N–H and O–H groups in total. The van der Waals surface area contributed by atoms with Gasteiger partial charge in [-0.15, -0.1) is 0 Å². The Morgan fingerprint density at radius 3 is 2.35 bits per heavy atom. The number of aliphatic imine (C=N–C) groups is 1. The molecule has 0 aliphatic carbocycles. The van der Waals surface area contributed by atoms with Crippen molar-refractivity contribution in [2.24, 2.45) is 10.9 Å². The maximum atomic E-state index is 12.4. The van der Waals surface area contributed by atoms with Gasteiger partial charge in [-0.3, -0.25) is 4.79 Å². The van der Waals surface area contributed by atoms with Crippen molar-refractivity contribution in [2.75, 3.05) is 20.2 Å². The largest absolute Gasteiger partial charge is 0.497 e. The number of amidine groups is 1. The summed E-state index contributed by atoms with van der Waals surface area (Å²) in [7, 11) is 1.60. The molecule has 0 aromatic heterocycles. The van der Waals surface area contributed by atoms with Crippen molar-refractivity contribution >= 4 is 11.9 Å². The van der Waals surface area contributed by atoms with Gasteiger partial charge in [0, 0.05) is 18.7 Å². The van der Waals surface area contributed by atoms with Crippen LogP contribution in [0.3, 0.4) is 0 Å². The first-order valence-electron chi connectivity index (χ1n) is 8.18. The molecular formula is C18H26N2O3. The van der Waals surface area contributed by atoms with E-state index in [1.165, 1.54) is 0 Å². The number of carbonyl (C=O) groups excluding carboxylic acids is 1. The quantitative estimate of drug-likeness (QED) is 0.633.